The van der Waals surface area contributed by atoms with Gasteiger partial charge in [0, 0.05) is 36.9 Å². The van der Waals surface area contributed by atoms with E-state index < -0.39 is 0 Å². The van der Waals surface area contributed by atoms with E-state index in [1.54, 1.807) is 12.1 Å². The van der Waals surface area contributed by atoms with E-state index in [0.29, 0.717) is 5.39 Å². The van der Waals surface area contributed by atoms with Gasteiger partial charge in [-0.25, -0.2) is 0 Å². The number of nitro groups is 1. The average Bonchev–Trinajstić information content (AvgIpc) is 3.17. The van der Waals surface area contributed by atoms with Crippen LogP contribution in [0.2, 0.25) is 0 Å². The molecule has 5 aromatic carbocycles. The molecule has 0 radical (unpaired) electrons. The van der Waals surface area contributed by atoms with E-state index in [-0.39, 0.29) is 10.6 Å². The zero-order chi connectivity index (χ0) is 23.4. The second-order valence-corrected chi connectivity index (χ2v) is 9.89. The largest absolute Gasteiger partial charge is 0.309 e. The quantitative estimate of drug-likeness (QED) is 0.157. The van der Waals surface area contributed by atoms with Gasteiger partial charge in [-0.15, -0.1) is 0 Å². The van der Waals surface area contributed by atoms with Gasteiger partial charge in [0.1, 0.15) is 0 Å². The third-order valence-corrected chi connectivity index (χ3v) is 7.40. The molecule has 0 spiro atoms. The van der Waals surface area contributed by atoms with Gasteiger partial charge in [0.05, 0.1) is 21.3 Å². The van der Waals surface area contributed by atoms with Crippen molar-refractivity contribution in [3.63, 3.8) is 0 Å². The van der Waals surface area contributed by atoms with Crippen molar-refractivity contribution >= 4 is 70.1 Å². The Hall–Kier alpha value is -3.48. The molecule has 6 rings (SSSR count). The van der Waals surface area contributed by atoms with Gasteiger partial charge in [-0.1, -0.05) is 74.3 Å². The van der Waals surface area contributed by atoms with Crippen molar-refractivity contribution in [2.45, 2.75) is 0 Å². The molecule has 0 N–H and O–H groups in total. The molecule has 0 atom stereocenters. The molecule has 164 valence electrons. The summed E-state index contributed by atoms with van der Waals surface area (Å²) >= 11 is 7.19. The van der Waals surface area contributed by atoms with Gasteiger partial charge >= 0.3 is 0 Å². The lowest BCUT2D eigenvalue weighted by atomic mass is 9.96. The third kappa shape index (κ3) is 3.25. The fraction of sp³-hybridized carbons (Fsp3) is 0. The van der Waals surface area contributed by atoms with Crippen LogP contribution in [0.15, 0.2) is 106 Å². The Labute approximate surface area is 211 Å². The normalized spacial score (nSPS) is 11.5. The number of halogens is 2. The van der Waals surface area contributed by atoms with Crippen LogP contribution in [0.5, 0.6) is 0 Å². The van der Waals surface area contributed by atoms with Crippen molar-refractivity contribution in [2.24, 2.45) is 0 Å². The number of nitrogens with zero attached hydrogens (tertiary/aromatic N) is 2. The predicted octanol–water partition coefficient (Wildman–Crippen LogP) is 9.04. The topological polar surface area (TPSA) is 48.1 Å². The SMILES string of the molecule is O=[N+]([O-])c1cccc2c(Br)ccc(-c3ccc4c(c3)c3cc(Br)ccc3n4-c3ccccc3)c12. The summed E-state index contributed by atoms with van der Waals surface area (Å²) in [6.45, 7) is 0. The molecular weight excluding hydrogens is 556 g/mol. The highest BCUT2D eigenvalue weighted by Gasteiger charge is 2.19. The standard InChI is InChI=1S/C28H16Br2N2O2/c29-18-10-14-26-23(16-18)22-15-17(9-13-25(22)31(26)19-5-2-1-3-6-19)20-11-12-24(30)21-7-4-8-27(28(20)21)32(33)34/h1-16H. The minimum atomic E-state index is -0.310. The van der Waals surface area contributed by atoms with Gasteiger partial charge in [-0.2, -0.15) is 0 Å². The zero-order valence-corrected chi connectivity index (χ0v) is 20.9. The van der Waals surface area contributed by atoms with Crippen LogP contribution >= 0.6 is 31.9 Å². The lowest BCUT2D eigenvalue weighted by Gasteiger charge is -2.11. The van der Waals surface area contributed by atoms with Crippen molar-refractivity contribution < 1.29 is 4.92 Å². The summed E-state index contributed by atoms with van der Waals surface area (Å²) < 4.78 is 4.09. The van der Waals surface area contributed by atoms with E-state index in [4.69, 9.17) is 0 Å². The van der Waals surface area contributed by atoms with Gasteiger partial charge in [-0.3, -0.25) is 10.1 Å². The number of aromatic nitrogens is 1. The third-order valence-electron chi connectivity index (χ3n) is 6.21. The summed E-state index contributed by atoms with van der Waals surface area (Å²) in [5.74, 6) is 0. The van der Waals surface area contributed by atoms with Crippen LogP contribution in [0, 0.1) is 10.1 Å². The van der Waals surface area contributed by atoms with E-state index in [0.717, 1.165) is 53.0 Å². The Morgan fingerprint density at radius 2 is 1.44 bits per heavy atom. The van der Waals surface area contributed by atoms with E-state index in [1.165, 1.54) is 0 Å². The number of benzene rings is 5. The number of nitro benzene ring substituents is 1. The Morgan fingerprint density at radius 1 is 0.706 bits per heavy atom. The summed E-state index contributed by atoms with van der Waals surface area (Å²) in [4.78, 5) is 11.6. The first-order valence-electron chi connectivity index (χ1n) is 10.7. The molecule has 6 heteroatoms. The Morgan fingerprint density at radius 3 is 2.21 bits per heavy atom. The summed E-state index contributed by atoms with van der Waals surface area (Å²) in [6.07, 6.45) is 0. The van der Waals surface area contributed by atoms with Crippen molar-refractivity contribution in [3.8, 4) is 16.8 Å². The summed E-state index contributed by atoms with van der Waals surface area (Å²) in [7, 11) is 0. The Balaban J connectivity index is 1.70. The first kappa shape index (κ1) is 21.1. The van der Waals surface area contributed by atoms with Gasteiger partial charge in [0.2, 0.25) is 0 Å². The Bertz CT molecular complexity index is 1760. The second kappa shape index (κ2) is 8.08. The van der Waals surface area contributed by atoms with Crippen LogP contribution < -0.4 is 0 Å². The first-order valence-corrected chi connectivity index (χ1v) is 12.3. The van der Waals surface area contributed by atoms with Gasteiger partial charge < -0.3 is 4.57 Å². The average molecular weight is 572 g/mol. The maximum atomic E-state index is 11.9. The summed E-state index contributed by atoms with van der Waals surface area (Å²) in [6, 6.07) is 32.0. The molecule has 4 nitrogen and oxygen atoms in total. The zero-order valence-electron chi connectivity index (χ0n) is 17.7. The minimum Gasteiger partial charge on any atom is -0.309 e. The van der Waals surface area contributed by atoms with Crippen LogP contribution in [-0.4, -0.2) is 9.49 Å². The van der Waals surface area contributed by atoms with Crippen LogP contribution in [0.25, 0.3) is 49.4 Å². The molecule has 0 bridgehead atoms. The van der Waals surface area contributed by atoms with Crippen molar-refractivity contribution in [1.82, 2.24) is 4.57 Å². The van der Waals surface area contributed by atoms with Crippen molar-refractivity contribution in [3.05, 3.63) is 116 Å². The molecule has 0 unspecified atom stereocenters. The lowest BCUT2D eigenvalue weighted by Crippen LogP contribution is -1.93. The van der Waals surface area contributed by atoms with Crippen LogP contribution in [0.4, 0.5) is 5.69 Å². The van der Waals surface area contributed by atoms with E-state index in [2.05, 4.69) is 78.9 Å². The second-order valence-electron chi connectivity index (χ2n) is 8.12. The number of rotatable bonds is 3. The first-order chi connectivity index (χ1) is 16.5. The van der Waals surface area contributed by atoms with E-state index in [9.17, 15) is 10.1 Å². The maximum absolute atomic E-state index is 11.9. The van der Waals surface area contributed by atoms with E-state index in [1.807, 2.05) is 42.5 Å². The molecule has 0 saturated heterocycles. The summed E-state index contributed by atoms with van der Waals surface area (Å²) in [5.41, 5.74) is 5.15. The Kier molecular flexibility index (Phi) is 5.01. The molecule has 0 aliphatic rings. The van der Waals surface area contributed by atoms with Crippen LogP contribution in [0.3, 0.4) is 0 Å². The lowest BCUT2D eigenvalue weighted by molar-refractivity contribution is -0.383. The molecule has 1 aromatic heterocycles. The summed E-state index contributed by atoms with van der Waals surface area (Å²) in [5, 5.41) is 15.5. The van der Waals surface area contributed by atoms with Crippen LogP contribution in [0.1, 0.15) is 0 Å². The molecule has 1 heterocycles. The number of hydrogen-bond donors (Lipinski definition) is 0. The van der Waals surface area contributed by atoms with Crippen LogP contribution in [-0.2, 0) is 0 Å². The van der Waals surface area contributed by atoms with Gasteiger partial charge in [0.15, 0.2) is 0 Å². The fourth-order valence-electron chi connectivity index (χ4n) is 4.76. The molecule has 34 heavy (non-hydrogen) atoms. The smallest absolute Gasteiger partial charge is 0.277 e. The van der Waals surface area contributed by atoms with Crippen molar-refractivity contribution in [1.29, 1.82) is 0 Å². The van der Waals surface area contributed by atoms with Crippen molar-refractivity contribution in [2.75, 3.05) is 0 Å². The molecule has 0 amide bonds. The molecule has 0 aliphatic heterocycles. The minimum absolute atomic E-state index is 0.100. The number of fused-ring (bicyclic) bond motifs is 4. The fourth-order valence-corrected chi connectivity index (χ4v) is 5.59. The molecule has 0 saturated carbocycles. The number of hydrogen-bond acceptors (Lipinski definition) is 2. The number of non-ortho nitro benzene ring substituents is 1. The molecular formula is C28H16Br2N2O2. The predicted molar refractivity (Wildman–Crippen MR) is 146 cm³/mol. The highest BCUT2D eigenvalue weighted by molar-refractivity contribution is 9.11. The monoisotopic (exact) mass is 570 g/mol. The van der Waals surface area contributed by atoms with E-state index >= 15 is 0 Å². The number of para-hydroxylation sites is 1. The van der Waals surface area contributed by atoms with Gasteiger partial charge in [0.25, 0.3) is 5.69 Å². The molecule has 6 aromatic rings. The van der Waals surface area contributed by atoms with Gasteiger partial charge in [-0.05, 0) is 59.7 Å². The highest BCUT2D eigenvalue weighted by Crippen LogP contribution is 2.41. The highest BCUT2D eigenvalue weighted by atomic mass is 79.9. The molecule has 0 aliphatic carbocycles. The maximum Gasteiger partial charge on any atom is 0.277 e. The molecule has 0 fully saturated rings.